The van der Waals surface area contributed by atoms with Gasteiger partial charge in [-0.1, -0.05) is 20.3 Å². The van der Waals surface area contributed by atoms with Crippen molar-refractivity contribution in [1.29, 1.82) is 0 Å². The summed E-state index contributed by atoms with van der Waals surface area (Å²) in [5, 5.41) is 3.59. The lowest BCUT2D eigenvalue weighted by atomic mass is 10.1. The number of carbonyl (C=O) groups excluding carboxylic acids is 1. The lowest BCUT2D eigenvalue weighted by molar-refractivity contribution is -0.131. The molecule has 120 valence electrons. The second-order valence-electron chi connectivity index (χ2n) is 6.01. The Labute approximate surface area is 129 Å². The van der Waals surface area contributed by atoms with Crippen molar-refractivity contribution in [2.75, 3.05) is 13.6 Å². The van der Waals surface area contributed by atoms with Crippen LogP contribution in [0.4, 0.5) is 0 Å². The molecule has 1 rings (SSSR count). The summed E-state index contributed by atoms with van der Waals surface area (Å²) < 4.78 is 1.99. The predicted octanol–water partition coefficient (Wildman–Crippen LogP) is 3.20. The van der Waals surface area contributed by atoms with Gasteiger partial charge in [0, 0.05) is 31.5 Å². The molecular weight excluding hydrogens is 262 g/mol. The molecule has 4 heteroatoms. The summed E-state index contributed by atoms with van der Waals surface area (Å²) in [4.78, 5) is 13.9. The minimum absolute atomic E-state index is 0.153. The van der Waals surface area contributed by atoms with Gasteiger partial charge in [-0.15, -0.1) is 0 Å². The van der Waals surface area contributed by atoms with Gasteiger partial charge in [0.15, 0.2) is 0 Å². The van der Waals surface area contributed by atoms with Gasteiger partial charge in [-0.25, -0.2) is 0 Å². The Bertz CT molecular complexity index is 425. The zero-order valence-electron chi connectivity index (χ0n) is 14.2. The first-order valence-corrected chi connectivity index (χ1v) is 8.14. The third-order valence-corrected chi connectivity index (χ3v) is 3.88. The van der Waals surface area contributed by atoms with Gasteiger partial charge in [-0.2, -0.15) is 0 Å². The monoisotopic (exact) mass is 293 g/mol. The van der Waals surface area contributed by atoms with Crippen LogP contribution in [0.5, 0.6) is 0 Å². The Kier molecular flexibility index (Phi) is 7.51. The van der Waals surface area contributed by atoms with E-state index in [0.29, 0.717) is 12.6 Å². The first-order valence-electron chi connectivity index (χ1n) is 8.14. The van der Waals surface area contributed by atoms with E-state index in [1.807, 2.05) is 31.7 Å². The number of nitrogens with zero attached hydrogens (tertiary/aromatic N) is 2. The number of amides is 1. The maximum Gasteiger partial charge on any atom is 0.242 e. The first kappa shape index (κ1) is 17.8. The molecule has 1 unspecified atom stereocenters. The van der Waals surface area contributed by atoms with Crippen LogP contribution in [0.15, 0.2) is 18.5 Å². The SMILES string of the molecule is CCCNC(CCC)c1ccn(CC(=O)N(C)C(C)C)c1. The van der Waals surface area contributed by atoms with E-state index in [9.17, 15) is 4.79 Å². The summed E-state index contributed by atoms with van der Waals surface area (Å²) in [6, 6.07) is 2.77. The van der Waals surface area contributed by atoms with Gasteiger partial charge in [0.05, 0.1) is 0 Å². The molecule has 0 saturated carbocycles. The molecule has 1 N–H and O–H groups in total. The standard InChI is InChI=1S/C17H31N3O/c1-6-8-16(18-10-7-2)15-9-11-20(12-15)13-17(21)19(5)14(3)4/h9,11-12,14,16,18H,6-8,10,13H2,1-5H3. The summed E-state index contributed by atoms with van der Waals surface area (Å²) in [5.74, 6) is 0.153. The molecule has 1 aromatic rings. The fraction of sp³-hybridized carbons (Fsp3) is 0.706. The second-order valence-corrected chi connectivity index (χ2v) is 6.01. The lowest BCUT2D eigenvalue weighted by Crippen LogP contribution is -2.35. The predicted molar refractivity (Wildman–Crippen MR) is 88.3 cm³/mol. The molecule has 0 radical (unpaired) electrons. The van der Waals surface area contributed by atoms with E-state index in [1.165, 1.54) is 5.56 Å². The highest BCUT2D eigenvalue weighted by Crippen LogP contribution is 2.19. The first-order chi connectivity index (χ1) is 9.99. The van der Waals surface area contributed by atoms with Crippen LogP contribution in [0.3, 0.4) is 0 Å². The molecule has 0 aliphatic heterocycles. The summed E-state index contributed by atoms with van der Waals surface area (Å²) in [6.07, 6.45) is 7.54. The molecule has 1 heterocycles. The maximum atomic E-state index is 12.1. The smallest absolute Gasteiger partial charge is 0.242 e. The zero-order chi connectivity index (χ0) is 15.8. The van der Waals surface area contributed by atoms with Crippen molar-refractivity contribution in [3.8, 4) is 0 Å². The van der Waals surface area contributed by atoms with Crippen LogP contribution in [-0.4, -0.2) is 35.0 Å². The van der Waals surface area contributed by atoms with E-state index < -0.39 is 0 Å². The van der Waals surface area contributed by atoms with Gasteiger partial charge in [0.25, 0.3) is 0 Å². The number of hydrogen-bond donors (Lipinski definition) is 1. The molecule has 0 fully saturated rings. The minimum Gasteiger partial charge on any atom is -0.345 e. The molecule has 0 saturated heterocycles. The van der Waals surface area contributed by atoms with Crippen LogP contribution in [0.1, 0.15) is 58.6 Å². The Hall–Kier alpha value is -1.29. The number of aromatic nitrogens is 1. The van der Waals surface area contributed by atoms with E-state index in [-0.39, 0.29) is 11.9 Å². The van der Waals surface area contributed by atoms with Crippen molar-refractivity contribution in [3.05, 3.63) is 24.0 Å². The Morgan fingerprint density at radius 2 is 2.05 bits per heavy atom. The number of carbonyl (C=O) groups is 1. The number of hydrogen-bond acceptors (Lipinski definition) is 2. The van der Waals surface area contributed by atoms with Gasteiger partial charge in [0.1, 0.15) is 6.54 Å². The van der Waals surface area contributed by atoms with E-state index in [0.717, 1.165) is 25.8 Å². The van der Waals surface area contributed by atoms with Gasteiger partial charge in [0.2, 0.25) is 5.91 Å². The highest BCUT2D eigenvalue weighted by Gasteiger charge is 2.14. The minimum atomic E-state index is 0.153. The fourth-order valence-electron chi connectivity index (χ4n) is 2.31. The summed E-state index contributed by atoms with van der Waals surface area (Å²) in [5.41, 5.74) is 1.28. The van der Waals surface area contributed by atoms with Crippen molar-refractivity contribution < 1.29 is 4.79 Å². The van der Waals surface area contributed by atoms with E-state index in [2.05, 4.69) is 31.4 Å². The quantitative estimate of drug-likeness (QED) is 0.759. The third-order valence-electron chi connectivity index (χ3n) is 3.88. The molecule has 0 spiro atoms. The fourth-order valence-corrected chi connectivity index (χ4v) is 2.31. The maximum absolute atomic E-state index is 12.1. The van der Waals surface area contributed by atoms with Gasteiger partial charge in [-0.05, 0) is 44.9 Å². The van der Waals surface area contributed by atoms with Crippen LogP contribution < -0.4 is 5.32 Å². The van der Waals surface area contributed by atoms with Crippen LogP contribution in [0, 0.1) is 0 Å². The Morgan fingerprint density at radius 3 is 2.62 bits per heavy atom. The second kappa shape index (κ2) is 8.88. The molecular formula is C17H31N3O. The van der Waals surface area contributed by atoms with Crippen LogP contribution in [0.25, 0.3) is 0 Å². The van der Waals surface area contributed by atoms with Crippen molar-refractivity contribution in [2.24, 2.45) is 0 Å². The van der Waals surface area contributed by atoms with Crippen molar-refractivity contribution in [2.45, 2.75) is 65.6 Å². The van der Waals surface area contributed by atoms with Crippen LogP contribution in [-0.2, 0) is 11.3 Å². The van der Waals surface area contributed by atoms with Crippen LogP contribution in [0.2, 0.25) is 0 Å². The highest BCUT2D eigenvalue weighted by molar-refractivity contribution is 5.76. The number of likely N-dealkylation sites (N-methyl/N-ethyl adjacent to an activating group) is 1. The average Bonchev–Trinajstić information content (AvgIpc) is 2.90. The highest BCUT2D eigenvalue weighted by atomic mass is 16.2. The molecule has 1 amide bonds. The summed E-state index contributed by atoms with van der Waals surface area (Å²) in [7, 11) is 1.86. The van der Waals surface area contributed by atoms with Gasteiger partial charge in [-0.3, -0.25) is 4.79 Å². The summed E-state index contributed by atoms with van der Waals surface area (Å²) in [6.45, 7) is 9.91. The van der Waals surface area contributed by atoms with E-state index in [4.69, 9.17) is 0 Å². The average molecular weight is 293 g/mol. The largest absolute Gasteiger partial charge is 0.345 e. The molecule has 0 aromatic carbocycles. The summed E-state index contributed by atoms with van der Waals surface area (Å²) >= 11 is 0. The van der Waals surface area contributed by atoms with E-state index >= 15 is 0 Å². The lowest BCUT2D eigenvalue weighted by Gasteiger charge is -2.21. The molecule has 0 aliphatic carbocycles. The van der Waals surface area contributed by atoms with Crippen LogP contribution >= 0.6 is 0 Å². The topological polar surface area (TPSA) is 37.3 Å². The van der Waals surface area contributed by atoms with Gasteiger partial charge < -0.3 is 14.8 Å². The molecule has 21 heavy (non-hydrogen) atoms. The zero-order valence-corrected chi connectivity index (χ0v) is 14.2. The van der Waals surface area contributed by atoms with Crippen molar-refractivity contribution in [3.63, 3.8) is 0 Å². The van der Waals surface area contributed by atoms with Crippen molar-refractivity contribution in [1.82, 2.24) is 14.8 Å². The number of nitrogens with one attached hydrogen (secondary N) is 1. The molecule has 1 atom stereocenters. The molecule has 1 aromatic heterocycles. The third kappa shape index (κ3) is 5.54. The van der Waals surface area contributed by atoms with Crippen molar-refractivity contribution >= 4 is 5.91 Å². The number of rotatable bonds is 9. The Morgan fingerprint density at radius 1 is 1.33 bits per heavy atom. The van der Waals surface area contributed by atoms with Gasteiger partial charge >= 0.3 is 0 Å². The molecule has 4 nitrogen and oxygen atoms in total. The Balaban J connectivity index is 2.67. The normalized spacial score (nSPS) is 12.7. The molecule has 0 bridgehead atoms. The van der Waals surface area contributed by atoms with E-state index in [1.54, 1.807) is 4.90 Å². The molecule has 0 aliphatic rings.